The van der Waals surface area contributed by atoms with Crippen molar-refractivity contribution < 1.29 is 32.2 Å². The van der Waals surface area contributed by atoms with E-state index < -0.39 is 28.4 Å². The van der Waals surface area contributed by atoms with Crippen molar-refractivity contribution in [3.05, 3.63) is 52.0 Å². The predicted molar refractivity (Wildman–Crippen MR) is 114 cm³/mol. The average molecular weight is 488 g/mol. The van der Waals surface area contributed by atoms with E-state index in [0.29, 0.717) is 29.7 Å². The quantitative estimate of drug-likeness (QED) is 0.328. The minimum atomic E-state index is -3.78. The molecule has 0 saturated heterocycles. The smallest absolute Gasteiger partial charge is 0.306 e. The van der Waals surface area contributed by atoms with Crippen molar-refractivity contribution >= 4 is 45.0 Å². The van der Waals surface area contributed by atoms with Gasteiger partial charge in [-0.15, -0.1) is 0 Å². The molecule has 0 radical (unpaired) electrons. The summed E-state index contributed by atoms with van der Waals surface area (Å²) >= 11 is 11.7. The third kappa shape index (κ3) is 6.33. The van der Waals surface area contributed by atoms with E-state index in [-0.39, 0.29) is 34.9 Å². The number of carbonyl (C=O) groups is 2. The summed E-state index contributed by atoms with van der Waals surface area (Å²) in [5.74, 6) is -0.189. The van der Waals surface area contributed by atoms with E-state index in [9.17, 15) is 18.0 Å². The molecule has 11 heteroatoms. The number of Topliss-reactive ketones (excluding diaryl/α,β-unsaturated/α-hetero) is 1. The van der Waals surface area contributed by atoms with Gasteiger partial charge >= 0.3 is 5.97 Å². The molecule has 0 bridgehead atoms. The maximum Gasteiger partial charge on any atom is 0.306 e. The Hall–Kier alpha value is -2.33. The largest absolute Gasteiger partial charge is 0.486 e. The first-order valence-electron chi connectivity index (χ1n) is 9.29. The van der Waals surface area contributed by atoms with Gasteiger partial charge in [-0.3, -0.25) is 9.59 Å². The Balaban J connectivity index is 1.42. The molecular formula is C20H19Cl2NO7S. The van der Waals surface area contributed by atoms with Crippen LogP contribution in [-0.4, -0.2) is 46.5 Å². The van der Waals surface area contributed by atoms with E-state index in [1.165, 1.54) is 36.4 Å². The van der Waals surface area contributed by atoms with Gasteiger partial charge < -0.3 is 14.2 Å². The lowest BCUT2D eigenvalue weighted by molar-refractivity contribution is -0.142. The number of halogens is 2. The summed E-state index contributed by atoms with van der Waals surface area (Å²) in [6.45, 7) is 0.332. The van der Waals surface area contributed by atoms with Crippen molar-refractivity contribution in [1.82, 2.24) is 4.72 Å². The molecule has 0 unspecified atom stereocenters. The zero-order valence-electron chi connectivity index (χ0n) is 16.2. The first kappa shape index (κ1) is 23.3. The molecule has 1 N–H and O–H groups in total. The van der Waals surface area contributed by atoms with Crippen LogP contribution >= 0.6 is 23.2 Å². The highest BCUT2D eigenvalue weighted by Crippen LogP contribution is 2.32. The fourth-order valence-corrected chi connectivity index (χ4v) is 4.07. The molecule has 0 aromatic heterocycles. The molecule has 2 aromatic rings. The van der Waals surface area contributed by atoms with Crippen molar-refractivity contribution in [2.75, 3.05) is 26.4 Å². The van der Waals surface area contributed by atoms with Gasteiger partial charge in [0.1, 0.15) is 13.2 Å². The van der Waals surface area contributed by atoms with Crippen molar-refractivity contribution in [2.45, 2.75) is 17.7 Å². The average Bonchev–Trinajstić information content (AvgIpc) is 2.76. The van der Waals surface area contributed by atoms with Crippen LogP contribution in [0.1, 0.15) is 23.2 Å². The summed E-state index contributed by atoms with van der Waals surface area (Å²) in [5.41, 5.74) is 0.273. The molecule has 3 rings (SSSR count). The summed E-state index contributed by atoms with van der Waals surface area (Å²) in [6.07, 6.45) is 0.141. The number of ketones is 1. The van der Waals surface area contributed by atoms with Gasteiger partial charge in [0.05, 0.1) is 14.9 Å². The molecule has 0 aliphatic carbocycles. The van der Waals surface area contributed by atoms with E-state index in [0.717, 1.165) is 0 Å². The molecule has 0 spiro atoms. The minimum Gasteiger partial charge on any atom is -0.486 e. The van der Waals surface area contributed by atoms with Crippen LogP contribution in [0.3, 0.4) is 0 Å². The summed E-state index contributed by atoms with van der Waals surface area (Å²) in [6, 6.07) is 8.69. The van der Waals surface area contributed by atoms with Gasteiger partial charge in [0.2, 0.25) is 10.0 Å². The number of ether oxygens (including phenoxy) is 3. The number of sulfonamides is 1. The standard InChI is InChI=1S/C20H19Cl2NO7S/c21-15-5-3-13(10-16(15)22)17(24)12-30-20(25)2-1-7-23-31(26,27)14-4-6-18-19(11-14)29-9-8-28-18/h3-6,10-11,23H,1-2,7-9,12H2. The van der Waals surface area contributed by atoms with Crippen molar-refractivity contribution in [3.8, 4) is 11.5 Å². The second-order valence-corrected chi connectivity index (χ2v) is 9.10. The number of fused-ring (bicyclic) bond motifs is 1. The number of esters is 1. The molecule has 0 saturated carbocycles. The van der Waals surface area contributed by atoms with Gasteiger partial charge in [-0.25, -0.2) is 13.1 Å². The minimum absolute atomic E-state index is 0.0205. The first-order chi connectivity index (χ1) is 14.8. The Morgan fingerprint density at radius 2 is 1.74 bits per heavy atom. The third-order valence-corrected chi connectivity index (χ3v) is 6.48. The Kier molecular flexibility index (Phi) is 7.77. The molecule has 1 heterocycles. The second-order valence-electron chi connectivity index (χ2n) is 6.52. The lowest BCUT2D eigenvalue weighted by Crippen LogP contribution is -2.26. The normalized spacial score (nSPS) is 13.0. The first-order valence-corrected chi connectivity index (χ1v) is 11.5. The summed E-state index contributed by atoms with van der Waals surface area (Å²) in [5, 5.41) is 0.540. The van der Waals surface area contributed by atoms with E-state index in [2.05, 4.69) is 4.72 Å². The van der Waals surface area contributed by atoms with Gasteiger partial charge in [0.25, 0.3) is 0 Å². The number of carbonyl (C=O) groups excluding carboxylic acids is 2. The van der Waals surface area contributed by atoms with Crippen LogP contribution in [-0.2, 0) is 19.6 Å². The maximum absolute atomic E-state index is 12.4. The molecule has 1 aliphatic heterocycles. The van der Waals surface area contributed by atoms with E-state index in [1.54, 1.807) is 0 Å². The predicted octanol–water partition coefficient (Wildman–Crippen LogP) is 3.25. The molecule has 31 heavy (non-hydrogen) atoms. The molecular weight excluding hydrogens is 469 g/mol. The van der Waals surface area contributed by atoms with Gasteiger partial charge in [-0.1, -0.05) is 23.2 Å². The number of hydrogen-bond donors (Lipinski definition) is 1. The van der Waals surface area contributed by atoms with Crippen LogP contribution < -0.4 is 14.2 Å². The van der Waals surface area contributed by atoms with Gasteiger partial charge in [0.15, 0.2) is 23.9 Å². The van der Waals surface area contributed by atoms with Gasteiger partial charge in [0, 0.05) is 24.6 Å². The third-order valence-electron chi connectivity index (χ3n) is 4.28. The highest BCUT2D eigenvalue weighted by molar-refractivity contribution is 7.89. The number of rotatable bonds is 9. The zero-order valence-corrected chi connectivity index (χ0v) is 18.6. The Bertz CT molecular complexity index is 1090. The van der Waals surface area contributed by atoms with Crippen LogP contribution in [0.25, 0.3) is 0 Å². The monoisotopic (exact) mass is 487 g/mol. The fourth-order valence-electron chi connectivity index (χ4n) is 2.68. The molecule has 0 fully saturated rings. The number of nitrogens with one attached hydrogen (secondary N) is 1. The summed E-state index contributed by atoms with van der Waals surface area (Å²) in [4.78, 5) is 23.9. The topological polar surface area (TPSA) is 108 Å². The van der Waals surface area contributed by atoms with Crippen LogP contribution in [0.15, 0.2) is 41.3 Å². The summed E-state index contributed by atoms with van der Waals surface area (Å²) in [7, 11) is -3.78. The van der Waals surface area contributed by atoms with E-state index >= 15 is 0 Å². The van der Waals surface area contributed by atoms with Crippen LogP contribution in [0.5, 0.6) is 11.5 Å². The molecule has 1 aliphatic rings. The highest BCUT2D eigenvalue weighted by Gasteiger charge is 2.19. The Morgan fingerprint density at radius 3 is 2.48 bits per heavy atom. The van der Waals surface area contributed by atoms with Crippen LogP contribution in [0.2, 0.25) is 10.0 Å². The Morgan fingerprint density at radius 1 is 1.00 bits per heavy atom. The molecule has 8 nitrogen and oxygen atoms in total. The molecule has 166 valence electrons. The highest BCUT2D eigenvalue weighted by atomic mass is 35.5. The lowest BCUT2D eigenvalue weighted by atomic mass is 10.1. The zero-order chi connectivity index (χ0) is 22.4. The van der Waals surface area contributed by atoms with Gasteiger partial charge in [-0.2, -0.15) is 0 Å². The molecule has 0 atom stereocenters. The SMILES string of the molecule is O=C(CCCNS(=O)(=O)c1ccc2c(c1)OCCO2)OCC(=O)c1ccc(Cl)c(Cl)c1. The Labute approximate surface area is 189 Å². The number of benzene rings is 2. The van der Waals surface area contributed by atoms with Gasteiger partial charge in [-0.05, 0) is 36.8 Å². The summed E-state index contributed by atoms with van der Waals surface area (Å²) < 4.78 is 42.9. The van der Waals surface area contributed by atoms with Crippen molar-refractivity contribution in [1.29, 1.82) is 0 Å². The maximum atomic E-state index is 12.4. The fraction of sp³-hybridized carbons (Fsp3) is 0.300. The second kappa shape index (κ2) is 10.3. The lowest BCUT2D eigenvalue weighted by Gasteiger charge is -2.18. The van der Waals surface area contributed by atoms with Crippen molar-refractivity contribution in [2.24, 2.45) is 0 Å². The molecule has 2 aromatic carbocycles. The van der Waals surface area contributed by atoms with E-state index in [4.69, 9.17) is 37.4 Å². The van der Waals surface area contributed by atoms with Crippen molar-refractivity contribution in [3.63, 3.8) is 0 Å². The number of hydrogen-bond acceptors (Lipinski definition) is 7. The van der Waals surface area contributed by atoms with E-state index in [1.807, 2.05) is 0 Å². The molecule has 0 amide bonds. The van der Waals surface area contributed by atoms with Crippen LogP contribution in [0.4, 0.5) is 0 Å². The van der Waals surface area contributed by atoms with Crippen LogP contribution in [0, 0.1) is 0 Å².